The first-order valence-corrected chi connectivity index (χ1v) is 8.29. The SMILES string of the molecule is CCOC(=O)C1=C(C)OC(N)=C(C#N)C1c1c(C)ccc2ncccc12. The minimum absolute atomic E-state index is 0.00309. The van der Waals surface area contributed by atoms with Crippen LogP contribution in [0.4, 0.5) is 0 Å². The van der Waals surface area contributed by atoms with Crippen LogP contribution >= 0.6 is 0 Å². The highest BCUT2D eigenvalue weighted by Crippen LogP contribution is 2.43. The van der Waals surface area contributed by atoms with Crippen LogP contribution in [0.15, 0.2) is 53.3 Å². The summed E-state index contributed by atoms with van der Waals surface area (Å²) in [5.41, 5.74) is 8.96. The van der Waals surface area contributed by atoms with E-state index in [1.165, 1.54) is 0 Å². The summed E-state index contributed by atoms with van der Waals surface area (Å²) in [5.74, 6) is -0.843. The number of aromatic nitrogens is 1. The first-order valence-electron chi connectivity index (χ1n) is 8.29. The van der Waals surface area contributed by atoms with Crippen molar-refractivity contribution in [3.63, 3.8) is 0 Å². The van der Waals surface area contributed by atoms with Crippen LogP contribution in [0.3, 0.4) is 0 Å². The molecule has 2 N–H and O–H groups in total. The van der Waals surface area contributed by atoms with Gasteiger partial charge in [0, 0.05) is 11.6 Å². The van der Waals surface area contributed by atoms with Gasteiger partial charge in [0.1, 0.15) is 17.4 Å². The minimum atomic E-state index is -0.666. The van der Waals surface area contributed by atoms with Crippen LogP contribution in [0.25, 0.3) is 10.9 Å². The zero-order valence-electron chi connectivity index (χ0n) is 14.9. The highest BCUT2D eigenvalue weighted by molar-refractivity contribution is 5.95. The Bertz CT molecular complexity index is 999. The molecule has 0 fully saturated rings. The van der Waals surface area contributed by atoms with Gasteiger partial charge in [-0.2, -0.15) is 5.26 Å². The number of nitriles is 1. The number of fused-ring (bicyclic) bond motifs is 1. The number of aryl methyl sites for hydroxylation is 1. The summed E-state index contributed by atoms with van der Waals surface area (Å²) < 4.78 is 10.7. The van der Waals surface area contributed by atoms with Gasteiger partial charge in [0.25, 0.3) is 0 Å². The normalized spacial score (nSPS) is 17.1. The molecule has 0 aliphatic carbocycles. The van der Waals surface area contributed by atoms with Crippen molar-refractivity contribution in [2.24, 2.45) is 5.73 Å². The summed E-state index contributed by atoms with van der Waals surface area (Å²) >= 11 is 0. The van der Waals surface area contributed by atoms with E-state index in [-0.39, 0.29) is 23.6 Å². The smallest absolute Gasteiger partial charge is 0.338 e. The van der Waals surface area contributed by atoms with E-state index in [0.29, 0.717) is 5.76 Å². The summed E-state index contributed by atoms with van der Waals surface area (Å²) in [6.45, 7) is 5.54. The Balaban J connectivity index is 2.34. The van der Waals surface area contributed by atoms with Gasteiger partial charge in [-0.3, -0.25) is 4.98 Å². The maximum absolute atomic E-state index is 12.7. The van der Waals surface area contributed by atoms with E-state index >= 15 is 0 Å². The number of nitrogens with two attached hydrogens (primary N) is 1. The van der Waals surface area contributed by atoms with Crippen molar-refractivity contribution in [3.8, 4) is 6.07 Å². The third-order valence-electron chi connectivity index (χ3n) is 4.43. The third kappa shape index (κ3) is 2.78. The highest BCUT2D eigenvalue weighted by Gasteiger charge is 2.37. The lowest BCUT2D eigenvalue weighted by molar-refractivity contribution is -0.139. The molecule has 26 heavy (non-hydrogen) atoms. The predicted molar refractivity (Wildman–Crippen MR) is 96.5 cm³/mol. The molecule has 1 unspecified atom stereocenters. The average Bonchev–Trinajstić information content (AvgIpc) is 2.61. The Morgan fingerprint density at radius 1 is 1.38 bits per heavy atom. The fourth-order valence-electron chi connectivity index (χ4n) is 3.31. The minimum Gasteiger partial charge on any atom is -0.463 e. The topological polar surface area (TPSA) is 98.2 Å². The maximum atomic E-state index is 12.7. The van der Waals surface area contributed by atoms with E-state index in [1.54, 1.807) is 20.0 Å². The summed E-state index contributed by atoms with van der Waals surface area (Å²) in [6, 6.07) is 9.68. The standard InChI is InChI=1S/C20H19N3O3/c1-4-25-20(24)17-12(3)26-19(22)14(10-21)18(17)16-11(2)7-8-15-13(16)6-5-9-23-15/h5-9,18H,4,22H2,1-3H3. The molecule has 1 aliphatic rings. The first-order chi connectivity index (χ1) is 12.5. The first kappa shape index (κ1) is 17.5. The largest absolute Gasteiger partial charge is 0.463 e. The predicted octanol–water partition coefficient (Wildman–Crippen LogP) is 3.19. The molecule has 0 saturated heterocycles. The molecule has 6 nitrogen and oxygen atoms in total. The van der Waals surface area contributed by atoms with Gasteiger partial charge in [0.05, 0.1) is 23.6 Å². The summed E-state index contributed by atoms with van der Waals surface area (Å²) in [6.07, 6.45) is 1.70. The number of hydrogen-bond acceptors (Lipinski definition) is 6. The number of ether oxygens (including phenoxy) is 2. The van der Waals surface area contributed by atoms with Crippen LogP contribution in [0.5, 0.6) is 0 Å². The van der Waals surface area contributed by atoms with Crippen molar-refractivity contribution in [1.82, 2.24) is 4.98 Å². The van der Waals surface area contributed by atoms with Gasteiger partial charge < -0.3 is 15.2 Å². The van der Waals surface area contributed by atoms with Gasteiger partial charge in [-0.1, -0.05) is 12.1 Å². The lowest BCUT2D eigenvalue weighted by atomic mass is 9.79. The molecule has 1 aliphatic heterocycles. The van der Waals surface area contributed by atoms with Crippen molar-refractivity contribution in [2.45, 2.75) is 26.7 Å². The third-order valence-corrected chi connectivity index (χ3v) is 4.43. The molecule has 0 bridgehead atoms. The van der Waals surface area contributed by atoms with Crippen molar-refractivity contribution in [3.05, 3.63) is 64.4 Å². The number of carbonyl (C=O) groups excluding carboxylic acids is 1. The molecule has 0 saturated carbocycles. The molecule has 1 aromatic heterocycles. The Kier molecular flexibility index (Phi) is 4.63. The van der Waals surface area contributed by atoms with Crippen LogP contribution in [-0.2, 0) is 14.3 Å². The van der Waals surface area contributed by atoms with Crippen molar-refractivity contribution in [1.29, 1.82) is 5.26 Å². The van der Waals surface area contributed by atoms with Crippen LogP contribution < -0.4 is 5.73 Å². The molecule has 1 aromatic carbocycles. The lowest BCUT2D eigenvalue weighted by Crippen LogP contribution is -2.26. The Morgan fingerprint density at radius 3 is 2.85 bits per heavy atom. The van der Waals surface area contributed by atoms with Gasteiger partial charge in [-0.15, -0.1) is 0 Å². The molecule has 1 atom stereocenters. The van der Waals surface area contributed by atoms with E-state index in [0.717, 1.165) is 22.0 Å². The van der Waals surface area contributed by atoms with Crippen LogP contribution in [0, 0.1) is 18.3 Å². The second-order valence-electron chi connectivity index (χ2n) is 5.98. The molecule has 6 heteroatoms. The number of esters is 1. The average molecular weight is 349 g/mol. The van der Waals surface area contributed by atoms with Crippen molar-refractivity contribution >= 4 is 16.9 Å². The summed E-state index contributed by atoms with van der Waals surface area (Å²) in [4.78, 5) is 17.0. The number of rotatable bonds is 3. The number of carbonyl (C=O) groups is 1. The fraction of sp³-hybridized carbons (Fsp3) is 0.250. The molecule has 3 rings (SSSR count). The van der Waals surface area contributed by atoms with Gasteiger partial charge in [0.2, 0.25) is 5.88 Å². The monoisotopic (exact) mass is 349 g/mol. The number of nitrogens with zero attached hydrogens (tertiary/aromatic N) is 2. The van der Waals surface area contributed by atoms with Crippen LogP contribution in [-0.4, -0.2) is 17.6 Å². The number of benzene rings is 1. The molecule has 2 heterocycles. The van der Waals surface area contributed by atoms with Crippen LogP contribution in [0.2, 0.25) is 0 Å². The molecule has 132 valence electrons. The number of allylic oxidation sites excluding steroid dienone is 2. The molecule has 0 spiro atoms. The zero-order valence-corrected chi connectivity index (χ0v) is 14.9. The highest BCUT2D eigenvalue weighted by atomic mass is 16.5. The summed E-state index contributed by atoms with van der Waals surface area (Å²) in [7, 11) is 0. The van der Waals surface area contributed by atoms with E-state index in [2.05, 4.69) is 11.1 Å². The Hall–Kier alpha value is -3.33. The second kappa shape index (κ2) is 6.89. The fourth-order valence-corrected chi connectivity index (χ4v) is 3.31. The van der Waals surface area contributed by atoms with Crippen LogP contribution in [0.1, 0.15) is 30.9 Å². The van der Waals surface area contributed by atoms with Gasteiger partial charge in [0.15, 0.2) is 0 Å². The Morgan fingerprint density at radius 2 is 2.15 bits per heavy atom. The molecule has 0 radical (unpaired) electrons. The van der Waals surface area contributed by atoms with Gasteiger partial charge in [-0.25, -0.2) is 4.79 Å². The van der Waals surface area contributed by atoms with E-state index in [9.17, 15) is 10.1 Å². The number of hydrogen-bond donors (Lipinski definition) is 1. The molecule has 2 aromatic rings. The van der Waals surface area contributed by atoms with E-state index in [1.807, 2.05) is 31.2 Å². The van der Waals surface area contributed by atoms with Gasteiger partial charge in [-0.05, 0) is 44.0 Å². The Labute approximate surface area is 151 Å². The second-order valence-corrected chi connectivity index (χ2v) is 5.98. The zero-order chi connectivity index (χ0) is 18.8. The lowest BCUT2D eigenvalue weighted by Gasteiger charge is -2.28. The summed E-state index contributed by atoms with van der Waals surface area (Å²) in [5, 5.41) is 10.6. The maximum Gasteiger partial charge on any atom is 0.338 e. The van der Waals surface area contributed by atoms with Gasteiger partial charge >= 0.3 is 5.97 Å². The van der Waals surface area contributed by atoms with Crippen molar-refractivity contribution < 1.29 is 14.3 Å². The van der Waals surface area contributed by atoms with Crippen molar-refractivity contribution in [2.75, 3.05) is 6.61 Å². The molecular weight excluding hydrogens is 330 g/mol. The number of pyridine rings is 1. The molecular formula is C20H19N3O3. The molecule has 0 amide bonds. The quantitative estimate of drug-likeness (QED) is 0.855. The van der Waals surface area contributed by atoms with E-state index < -0.39 is 11.9 Å². The van der Waals surface area contributed by atoms with E-state index in [4.69, 9.17) is 15.2 Å².